The van der Waals surface area contributed by atoms with E-state index in [-0.39, 0.29) is 23.6 Å². The zero-order valence-electron chi connectivity index (χ0n) is 12.4. The van der Waals surface area contributed by atoms with Crippen molar-refractivity contribution in [2.45, 2.75) is 6.04 Å². The van der Waals surface area contributed by atoms with Gasteiger partial charge in [-0.15, -0.1) is 0 Å². The highest BCUT2D eigenvalue weighted by Crippen LogP contribution is 2.17. The van der Waals surface area contributed by atoms with Gasteiger partial charge < -0.3 is 14.6 Å². The highest BCUT2D eigenvalue weighted by atomic mass is 32.2. The van der Waals surface area contributed by atoms with E-state index in [0.29, 0.717) is 18.9 Å². The van der Waals surface area contributed by atoms with Crippen molar-refractivity contribution in [3.63, 3.8) is 0 Å². The number of nitrogens with zero attached hydrogens (tertiary/aromatic N) is 2. The van der Waals surface area contributed by atoms with Gasteiger partial charge in [-0.1, -0.05) is 0 Å². The largest absolute Gasteiger partial charge is 0.379 e. The third kappa shape index (κ3) is 3.63. The number of nitrogens with one attached hydrogen (secondary N) is 1. The average molecular weight is 315 g/mol. The Bertz CT molecular complexity index is 609. The van der Waals surface area contributed by atoms with E-state index < -0.39 is 10.0 Å². The Morgan fingerprint density at radius 1 is 1.48 bits per heavy atom. The Hall–Kier alpha value is -1.38. The van der Waals surface area contributed by atoms with Crippen LogP contribution in [0.3, 0.4) is 0 Å². The van der Waals surface area contributed by atoms with Gasteiger partial charge in [-0.25, -0.2) is 12.7 Å². The first kappa shape index (κ1) is 16.0. The Morgan fingerprint density at radius 3 is 2.76 bits per heavy atom. The topological polar surface area (TPSA) is 80.6 Å². The monoisotopic (exact) mass is 315 g/mol. The van der Waals surface area contributed by atoms with Crippen molar-refractivity contribution < 1.29 is 17.9 Å². The predicted octanol–water partition coefficient (Wildman–Crippen LogP) is -0.339. The molecule has 1 aromatic rings. The van der Waals surface area contributed by atoms with Gasteiger partial charge >= 0.3 is 0 Å². The van der Waals surface area contributed by atoms with Crippen LogP contribution in [0.25, 0.3) is 0 Å². The van der Waals surface area contributed by atoms with Gasteiger partial charge in [0.05, 0.1) is 25.0 Å². The highest BCUT2D eigenvalue weighted by Gasteiger charge is 2.34. The maximum absolute atomic E-state index is 12.2. The molecule has 0 aromatic carbocycles. The van der Waals surface area contributed by atoms with E-state index in [2.05, 4.69) is 5.32 Å². The SMILES string of the molecule is CN(C)S(=O)(=O)C[C@@H]1COC[C@@H]1NC(=O)c1cccn1C. The summed E-state index contributed by atoms with van der Waals surface area (Å²) in [6.07, 6.45) is 1.79. The first-order valence-electron chi connectivity index (χ1n) is 6.71. The van der Waals surface area contributed by atoms with Crippen molar-refractivity contribution in [2.75, 3.05) is 33.1 Å². The van der Waals surface area contributed by atoms with Crippen LogP contribution in [-0.2, 0) is 21.8 Å². The first-order valence-corrected chi connectivity index (χ1v) is 8.32. The molecule has 0 bridgehead atoms. The molecule has 2 atom stereocenters. The summed E-state index contributed by atoms with van der Waals surface area (Å²) >= 11 is 0. The zero-order valence-corrected chi connectivity index (χ0v) is 13.3. The summed E-state index contributed by atoms with van der Waals surface area (Å²) in [6.45, 7) is 0.676. The van der Waals surface area contributed by atoms with Gasteiger partial charge in [-0.05, 0) is 12.1 Å². The minimum atomic E-state index is -3.32. The summed E-state index contributed by atoms with van der Waals surface area (Å²) in [5.74, 6) is -0.482. The molecule has 21 heavy (non-hydrogen) atoms. The smallest absolute Gasteiger partial charge is 0.268 e. The van der Waals surface area contributed by atoms with Gasteiger partial charge in [0.2, 0.25) is 10.0 Å². The van der Waals surface area contributed by atoms with E-state index in [1.807, 2.05) is 0 Å². The van der Waals surface area contributed by atoms with Crippen molar-refractivity contribution >= 4 is 15.9 Å². The Kier molecular flexibility index (Phi) is 4.70. The molecule has 0 spiro atoms. The number of amides is 1. The van der Waals surface area contributed by atoms with Crippen LogP contribution in [0.2, 0.25) is 0 Å². The lowest BCUT2D eigenvalue weighted by Crippen LogP contribution is -2.44. The lowest BCUT2D eigenvalue weighted by molar-refractivity contribution is 0.0918. The standard InChI is InChI=1S/C13H21N3O4S/c1-15(2)21(18,19)9-10-7-20-8-11(10)14-13(17)12-5-4-6-16(12)3/h4-6,10-11H,7-9H2,1-3H3,(H,14,17)/t10-,11-/m0/s1. The maximum atomic E-state index is 12.2. The van der Waals surface area contributed by atoms with Gasteiger partial charge in [0.1, 0.15) is 5.69 Å². The van der Waals surface area contributed by atoms with E-state index >= 15 is 0 Å². The molecule has 1 amide bonds. The van der Waals surface area contributed by atoms with Crippen molar-refractivity contribution in [1.29, 1.82) is 0 Å². The van der Waals surface area contributed by atoms with Gasteiger partial charge in [0, 0.05) is 33.3 Å². The Balaban J connectivity index is 2.03. The van der Waals surface area contributed by atoms with Crippen LogP contribution in [0.5, 0.6) is 0 Å². The number of rotatable bonds is 5. The Morgan fingerprint density at radius 2 is 2.19 bits per heavy atom. The van der Waals surface area contributed by atoms with Crippen LogP contribution < -0.4 is 5.32 Å². The summed E-state index contributed by atoms with van der Waals surface area (Å²) in [6, 6.07) is 3.22. The molecule has 1 N–H and O–H groups in total. The number of hydrogen-bond donors (Lipinski definition) is 1. The van der Waals surface area contributed by atoms with Crippen molar-refractivity contribution in [3.8, 4) is 0 Å². The number of sulfonamides is 1. The fourth-order valence-electron chi connectivity index (χ4n) is 2.28. The minimum absolute atomic E-state index is 0.0297. The molecule has 1 aliphatic rings. The number of hydrogen-bond acceptors (Lipinski definition) is 4. The molecule has 1 fully saturated rings. The molecular weight excluding hydrogens is 294 g/mol. The molecular formula is C13H21N3O4S. The molecule has 0 saturated carbocycles. The number of carbonyl (C=O) groups excluding carboxylic acids is 1. The van der Waals surface area contributed by atoms with Crippen molar-refractivity contribution in [3.05, 3.63) is 24.0 Å². The molecule has 0 radical (unpaired) electrons. The molecule has 7 nitrogen and oxygen atoms in total. The van der Waals surface area contributed by atoms with Gasteiger partial charge in [0.15, 0.2) is 0 Å². The Labute approximate surface area is 124 Å². The van der Waals surface area contributed by atoms with E-state index in [0.717, 1.165) is 0 Å². The van der Waals surface area contributed by atoms with E-state index in [1.165, 1.54) is 18.4 Å². The maximum Gasteiger partial charge on any atom is 0.268 e. The normalized spacial score (nSPS) is 22.7. The predicted molar refractivity (Wildman–Crippen MR) is 78.5 cm³/mol. The minimum Gasteiger partial charge on any atom is -0.379 e. The van der Waals surface area contributed by atoms with E-state index in [4.69, 9.17) is 4.74 Å². The number of aromatic nitrogens is 1. The fourth-order valence-corrected chi connectivity index (χ4v) is 3.45. The molecule has 1 aliphatic heterocycles. The van der Waals surface area contributed by atoms with Crippen LogP contribution in [-0.4, -0.2) is 62.3 Å². The van der Waals surface area contributed by atoms with Crippen LogP contribution in [0.4, 0.5) is 0 Å². The van der Waals surface area contributed by atoms with Gasteiger partial charge in [0.25, 0.3) is 5.91 Å². The average Bonchev–Trinajstić information content (AvgIpc) is 2.98. The molecule has 0 unspecified atom stereocenters. The summed E-state index contributed by atoms with van der Waals surface area (Å²) in [4.78, 5) is 12.2. The number of aryl methyl sites for hydroxylation is 1. The summed E-state index contributed by atoms with van der Waals surface area (Å²) in [5.41, 5.74) is 0.538. The second-order valence-electron chi connectivity index (χ2n) is 5.44. The van der Waals surface area contributed by atoms with E-state index in [9.17, 15) is 13.2 Å². The van der Waals surface area contributed by atoms with Gasteiger partial charge in [-0.2, -0.15) is 0 Å². The third-order valence-electron chi connectivity index (χ3n) is 3.67. The van der Waals surface area contributed by atoms with Crippen LogP contribution in [0.15, 0.2) is 18.3 Å². The van der Waals surface area contributed by atoms with Gasteiger partial charge in [-0.3, -0.25) is 4.79 Å². The lowest BCUT2D eigenvalue weighted by atomic mass is 10.1. The second-order valence-corrected chi connectivity index (χ2v) is 7.67. The summed E-state index contributed by atoms with van der Waals surface area (Å²) in [5, 5.41) is 2.87. The number of ether oxygens (including phenoxy) is 1. The van der Waals surface area contributed by atoms with Crippen LogP contribution in [0, 0.1) is 5.92 Å². The lowest BCUT2D eigenvalue weighted by Gasteiger charge is -2.21. The molecule has 2 heterocycles. The second kappa shape index (κ2) is 6.17. The van der Waals surface area contributed by atoms with Crippen LogP contribution in [0.1, 0.15) is 10.5 Å². The summed E-state index contributed by atoms with van der Waals surface area (Å²) in [7, 11) is 1.48. The molecule has 118 valence electrons. The molecule has 1 aromatic heterocycles. The first-order chi connectivity index (χ1) is 9.81. The zero-order chi connectivity index (χ0) is 15.6. The fraction of sp³-hybridized carbons (Fsp3) is 0.615. The molecule has 1 saturated heterocycles. The van der Waals surface area contributed by atoms with Crippen molar-refractivity contribution in [1.82, 2.24) is 14.2 Å². The third-order valence-corrected chi connectivity index (χ3v) is 5.63. The molecule has 8 heteroatoms. The molecule has 2 rings (SSSR count). The summed E-state index contributed by atoms with van der Waals surface area (Å²) < 4.78 is 32.2. The quantitative estimate of drug-likeness (QED) is 0.806. The van der Waals surface area contributed by atoms with E-state index in [1.54, 1.807) is 29.9 Å². The highest BCUT2D eigenvalue weighted by molar-refractivity contribution is 7.89. The number of carbonyl (C=O) groups is 1. The van der Waals surface area contributed by atoms with Crippen LogP contribution >= 0.6 is 0 Å². The van der Waals surface area contributed by atoms with Crippen molar-refractivity contribution in [2.24, 2.45) is 13.0 Å². The molecule has 0 aliphatic carbocycles.